The quantitative estimate of drug-likeness (QED) is 0.676. The standard InChI is InChI=1S/C17H15NO3/c1-2-12-21-17(20)14-8-10-15(11-9-14)18-16(19)13-6-4-3-5-7-13/h2-11H,1,12H2,(H,18,19). The molecule has 0 bridgehead atoms. The number of hydrogen-bond donors (Lipinski definition) is 1. The fraction of sp³-hybridized carbons (Fsp3) is 0.0588. The van der Waals surface area contributed by atoms with Gasteiger partial charge in [-0.2, -0.15) is 0 Å². The van der Waals surface area contributed by atoms with E-state index in [1.54, 1.807) is 48.5 Å². The molecule has 21 heavy (non-hydrogen) atoms. The Hall–Kier alpha value is -2.88. The van der Waals surface area contributed by atoms with Gasteiger partial charge in [0.1, 0.15) is 6.61 Å². The van der Waals surface area contributed by atoms with E-state index in [4.69, 9.17) is 4.74 Å². The fourth-order valence-electron chi connectivity index (χ4n) is 1.70. The molecular weight excluding hydrogens is 266 g/mol. The molecule has 0 saturated heterocycles. The largest absolute Gasteiger partial charge is 0.458 e. The van der Waals surface area contributed by atoms with Gasteiger partial charge in [0, 0.05) is 11.3 Å². The molecule has 0 aliphatic heterocycles. The van der Waals surface area contributed by atoms with E-state index in [0.717, 1.165) is 0 Å². The number of anilines is 1. The zero-order chi connectivity index (χ0) is 15.1. The number of carbonyl (C=O) groups excluding carboxylic acids is 2. The molecule has 1 N–H and O–H groups in total. The maximum Gasteiger partial charge on any atom is 0.338 e. The Morgan fingerprint density at radius 3 is 2.29 bits per heavy atom. The third-order valence-corrected chi connectivity index (χ3v) is 2.75. The van der Waals surface area contributed by atoms with E-state index in [1.165, 1.54) is 6.08 Å². The number of carbonyl (C=O) groups is 2. The van der Waals surface area contributed by atoms with Gasteiger partial charge in [0.15, 0.2) is 0 Å². The Labute approximate surface area is 123 Å². The van der Waals surface area contributed by atoms with Gasteiger partial charge in [0.05, 0.1) is 5.56 Å². The number of esters is 1. The Morgan fingerprint density at radius 2 is 1.67 bits per heavy atom. The summed E-state index contributed by atoms with van der Waals surface area (Å²) in [7, 11) is 0. The SMILES string of the molecule is C=CCOC(=O)c1ccc(NC(=O)c2ccccc2)cc1. The lowest BCUT2D eigenvalue weighted by molar-refractivity contribution is 0.0549. The van der Waals surface area contributed by atoms with Crippen LogP contribution in [0.15, 0.2) is 67.3 Å². The van der Waals surface area contributed by atoms with Gasteiger partial charge in [-0.05, 0) is 36.4 Å². The van der Waals surface area contributed by atoms with Gasteiger partial charge in [-0.1, -0.05) is 30.9 Å². The van der Waals surface area contributed by atoms with Crippen LogP contribution in [0.2, 0.25) is 0 Å². The summed E-state index contributed by atoms with van der Waals surface area (Å²) in [6.45, 7) is 3.65. The van der Waals surface area contributed by atoms with Crippen molar-refractivity contribution >= 4 is 17.6 Å². The van der Waals surface area contributed by atoms with Crippen molar-refractivity contribution in [3.63, 3.8) is 0 Å². The van der Waals surface area contributed by atoms with Gasteiger partial charge < -0.3 is 10.1 Å². The van der Waals surface area contributed by atoms with Gasteiger partial charge in [-0.25, -0.2) is 4.79 Å². The second-order valence-electron chi connectivity index (χ2n) is 4.28. The van der Waals surface area contributed by atoms with E-state index in [9.17, 15) is 9.59 Å². The van der Waals surface area contributed by atoms with Crippen LogP contribution in [0.5, 0.6) is 0 Å². The summed E-state index contributed by atoms with van der Waals surface area (Å²) in [5.74, 6) is -0.617. The van der Waals surface area contributed by atoms with Crippen LogP contribution < -0.4 is 5.32 Å². The van der Waals surface area contributed by atoms with Crippen molar-refractivity contribution in [2.75, 3.05) is 11.9 Å². The van der Waals surface area contributed by atoms with Gasteiger partial charge in [0.25, 0.3) is 5.91 Å². The molecule has 0 fully saturated rings. The maximum absolute atomic E-state index is 12.0. The number of benzene rings is 2. The van der Waals surface area contributed by atoms with E-state index >= 15 is 0 Å². The minimum absolute atomic E-state index is 0.172. The summed E-state index contributed by atoms with van der Waals surface area (Å²) < 4.78 is 4.92. The topological polar surface area (TPSA) is 55.4 Å². The van der Waals surface area contributed by atoms with Gasteiger partial charge >= 0.3 is 5.97 Å². The van der Waals surface area contributed by atoms with E-state index in [1.807, 2.05) is 6.07 Å². The highest BCUT2D eigenvalue weighted by Gasteiger charge is 2.08. The first-order valence-corrected chi connectivity index (χ1v) is 6.45. The highest BCUT2D eigenvalue weighted by atomic mass is 16.5. The molecule has 4 heteroatoms. The summed E-state index contributed by atoms with van der Waals surface area (Å²) in [6.07, 6.45) is 1.51. The highest BCUT2D eigenvalue weighted by Crippen LogP contribution is 2.12. The van der Waals surface area contributed by atoms with Crippen molar-refractivity contribution in [2.45, 2.75) is 0 Å². The molecular formula is C17H15NO3. The van der Waals surface area contributed by atoms with Crippen LogP contribution in [-0.4, -0.2) is 18.5 Å². The van der Waals surface area contributed by atoms with Crippen molar-refractivity contribution < 1.29 is 14.3 Å². The Balaban J connectivity index is 2.01. The molecule has 0 saturated carbocycles. The van der Waals surface area contributed by atoms with Crippen molar-refractivity contribution in [1.82, 2.24) is 0 Å². The normalized spacial score (nSPS) is 9.71. The molecule has 1 amide bonds. The van der Waals surface area contributed by atoms with Crippen molar-refractivity contribution in [1.29, 1.82) is 0 Å². The van der Waals surface area contributed by atoms with Crippen molar-refractivity contribution in [3.8, 4) is 0 Å². The molecule has 2 aromatic rings. The van der Waals surface area contributed by atoms with Gasteiger partial charge in [0.2, 0.25) is 0 Å². The Kier molecular flexibility index (Phi) is 4.88. The number of amides is 1. The van der Waals surface area contributed by atoms with Gasteiger partial charge in [-0.3, -0.25) is 4.79 Å². The first kappa shape index (κ1) is 14.5. The third kappa shape index (κ3) is 4.04. The number of rotatable bonds is 5. The van der Waals surface area contributed by atoms with Crippen molar-refractivity contribution in [3.05, 3.63) is 78.4 Å². The third-order valence-electron chi connectivity index (χ3n) is 2.75. The van der Waals surface area contributed by atoms with Crippen LogP contribution in [0.1, 0.15) is 20.7 Å². The zero-order valence-corrected chi connectivity index (χ0v) is 11.4. The van der Waals surface area contributed by atoms with Crippen LogP contribution in [0.4, 0.5) is 5.69 Å². The molecule has 0 spiro atoms. The van der Waals surface area contributed by atoms with Crippen LogP contribution in [0.25, 0.3) is 0 Å². The minimum atomic E-state index is -0.421. The van der Waals surface area contributed by atoms with Crippen LogP contribution in [-0.2, 0) is 4.74 Å². The maximum atomic E-state index is 12.0. The molecule has 106 valence electrons. The smallest absolute Gasteiger partial charge is 0.338 e. The van der Waals surface area contributed by atoms with E-state index in [-0.39, 0.29) is 12.5 Å². The predicted molar refractivity (Wildman–Crippen MR) is 81.3 cm³/mol. The second-order valence-corrected chi connectivity index (χ2v) is 4.28. The molecule has 0 unspecified atom stereocenters. The number of ether oxygens (including phenoxy) is 1. The first-order chi connectivity index (χ1) is 10.2. The summed E-state index contributed by atoms with van der Waals surface area (Å²) in [6, 6.07) is 15.4. The summed E-state index contributed by atoms with van der Waals surface area (Å²) in [5.41, 5.74) is 1.62. The lowest BCUT2D eigenvalue weighted by atomic mass is 10.2. The molecule has 0 radical (unpaired) electrons. The monoisotopic (exact) mass is 281 g/mol. The molecule has 0 heterocycles. The predicted octanol–water partition coefficient (Wildman–Crippen LogP) is 3.28. The number of hydrogen-bond acceptors (Lipinski definition) is 3. The number of nitrogens with one attached hydrogen (secondary N) is 1. The lowest BCUT2D eigenvalue weighted by Crippen LogP contribution is -2.12. The van der Waals surface area contributed by atoms with Crippen LogP contribution in [0.3, 0.4) is 0 Å². The van der Waals surface area contributed by atoms with E-state index < -0.39 is 5.97 Å². The molecule has 0 aliphatic rings. The fourth-order valence-corrected chi connectivity index (χ4v) is 1.70. The first-order valence-electron chi connectivity index (χ1n) is 6.45. The van der Waals surface area contributed by atoms with E-state index in [0.29, 0.717) is 16.8 Å². The molecule has 0 aromatic heterocycles. The molecule has 0 aliphatic carbocycles. The Morgan fingerprint density at radius 1 is 1.00 bits per heavy atom. The van der Waals surface area contributed by atoms with E-state index in [2.05, 4.69) is 11.9 Å². The summed E-state index contributed by atoms with van der Waals surface area (Å²) in [4.78, 5) is 23.6. The van der Waals surface area contributed by atoms with Crippen LogP contribution in [0, 0.1) is 0 Å². The average molecular weight is 281 g/mol. The van der Waals surface area contributed by atoms with Gasteiger partial charge in [-0.15, -0.1) is 0 Å². The minimum Gasteiger partial charge on any atom is -0.458 e. The lowest BCUT2D eigenvalue weighted by Gasteiger charge is -2.06. The second kappa shape index (κ2) is 7.05. The molecule has 4 nitrogen and oxygen atoms in total. The summed E-state index contributed by atoms with van der Waals surface area (Å²) >= 11 is 0. The average Bonchev–Trinajstić information content (AvgIpc) is 2.54. The van der Waals surface area contributed by atoms with Crippen molar-refractivity contribution in [2.24, 2.45) is 0 Å². The zero-order valence-electron chi connectivity index (χ0n) is 11.4. The highest BCUT2D eigenvalue weighted by molar-refractivity contribution is 6.04. The Bertz CT molecular complexity index is 633. The molecule has 2 rings (SSSR count). The van der Waals surface area contributed by atoms with Crippen LogP contribution >= 0.6 is 0 Å². The molecule has 2 aromatic carbocycles. The molecule has 0 atom stereocenters. The summed E-state index contributed by atoms with van der Waals surface area (Å²) in [5, 5.41) is 2.76.